The molecular formula is C21H28N4O. The zero-order chi connectivity index (χ0) is 17.8. The quantitative estimate of drug-likeness (QED) is 0.864. The Bertz CT molecular complexity index is 717. The molecule has 0 amide bonds. The summed E-state index contributed by atoms with van der Waals surface area (Å²) in [5.74, 6) is 2.51. The maximum Gasteiger partial charge on any atom is 0.134 e. The molecule has 1 aromatic carbocycles. The average Bonchev–Trinajstić information content (AvgIpc) is 3.49. The summed E-state index contributed by atoms with van der Waals surface area (Å²) in [7, 11) is 0. The van der Waals surface area contributed by atoms with Crippen molar-refractivity contribution >= 4 is 5.82 Å². The molecule has 1 saturated carbocycles. The molecule has 5 heteroatoms. The van der Waals surface area contributed by atoms with Crippen LogP contribution in [0.3, 0.4) is 0 Å². The Labute approximate surface area is 155 Å². The van der Waals surface area contributed by atoms with Gasteiger partial charge >= 0.3 is 0 Å². The molecule has 1 aliphatic heterocycles. The fourth-order valence-corrected chi connectivity index (χ4v) is 3.50. The fraction of sp³-hybridized carbons (Fsp3) is 0.524. The van der Waals surface area contributed by atoms with Crippen LogP contribution in [0.2, 0.25) is 0 Å². The Morgan fingerprint density at radius 2 is 2.04 bits per heavy atom. The van der Waals surface area contributed by atoms with Gasteiger partial charge in [0.05, 0.1) is 6.10 Å². The van der Waals surface area contributed by atoms with E-state index >= 15 is 0 Å². The van der Waals surface area contributed by atoms with E-state index in [9.17, 15) is 0 Å². The van der Waals surface area contributed by atoms with Crippen LogP contribution in [0.1, 0.15) is 42.3 Å². The molecular weight excluding hydrogens is 324 g/mol. The van der Waals surface area contributed by atoms with Crippen LogP contribution in [-0.2, 0) is 11.3 Å². The van der Waals surface area contributed by atoms with Crippen molar-refractivity contribution < 1.29 is 4.74 Å². The number of aryl methyl sites for hydroxylation is 1. The second kappa shape index (κ2) is 8.14. The number of ether oxygens (including phenoxy) is 1. The van der Waals surface area contributed by atoms with Gasteiger partial charge in [-0.2, -0.15) is 0 Å². The van der Waals surface area contributed by atoms with Gasteiger partial charge in [0.1, 0.15) is 11.6 Å². The monoisotopic (exact) mass is 352 g/mol. The molecule has 1 N–H and O–H groups in total. The first-order valence-electron chi connectivity index (χ1n) is 9.73. The summed E-state index contributed by atoms with van der Waals surface area (Å²) in [4.78, 5) is 11.8. The molecule has 2 heterocycles. The van der Waals surface area contributed by atoms with Crippen LogP contribution in [0.4, 0.5) is 5.82 Å². The van der Waals surface area contributed by atoms with Gasteiger partial charge in [0.25, 0.3) is 0 Å². The topological polar surface area (TPSA) is 50.3 Å². The summed E-state index contributed by atoms with van der Waals surface area (Å²) in [6.07, 6.45) is 3.72. The van der Waals surface area contributed by atoms with E-state index in [-0.39, 0.29) is 6.10 Å². The van der Waals surface area contributed by atoms with Gasteiger partial charge in [-0.25, -0.2) is 9.97 Å². The van der Waals surface area contributed by atoms with Crippen molar-refractivity contribution in [1.82, 2.24) is 14.9 Å². The van der Waals surface area contributed by atoms with Crippen molar-refractivity contribution in [3.8, 4) is 0 Å². The summed E-state index contributed by atoms with van der Waals surface area (Å²) in [6, 6.07) is 12.7. The average molecular weight is 352 g/mol. The summed E-state index contributed by atoms with van der Waals surface area (Å²) >= 11 is 0. The van der Waals surface area contributed by atoms with E-state index in [1.54, 1.807) is 0 Å². The molecule has 2 fully saturated rings. The minimum Gasteiger partial charge on any atom is -0.375 e. The molecule has 1 aliphatic carbocycles. The van der Waals surface area contributed by atoms with Gasteiger partial charge in [-0.15, -0.1) is 0 Å². The molecule has 4 rings (SSSR count). The van der Waals surface area contributed by atoms with E-state index in [0.29, 0.717) is 5.92 Å². The SMILES string of the molecule is Cc1cc(NCC2CN(Cc3ccccc3)CCCO2)nc(C2CC2)n1. The zero-order valence-electron chi connectivity index (χ0n) is 15.5. The van der Waals surface area contributed by atoms with Crippen molar-refractivity contribution in [2.24, 2.45) is 0 Å². The lowest BCUT2D eigenvalue weighted by Crippen LogP contribution is -2.35. The second-order valence-electron chi connectivity index (χ2n) is 7.48. The maximum absolute atomic E-state index is 6.07. The molecule has 0 bridgehead atoms. The maximum atomic E-state index is 6.07. The largest absolute Gasteiger partial charge is 0.375 e. The molecule has 1 atom stereocenters. The third-order valence-electron chi connectivity index (χ3n) is 5.01. The highest BCUT2D eigenvalue weighted by atomic mass is 16.5. The molecule has 2 aliphatic rings. The van der Waals surface area contributed by atoms with E-state index in [1.807, 2.05) is 13.0 Å². The predicted octanol–water partition coefficient (Wildman–Crippen LogP) is 3.37. The third kappa shape index (κ3) is 4.80. The van der Waals surface area contributed by atoms with Gasteiger partial charge in [-0.1, -0.05) is 30.3 Å². The van der Waals surface area contributed by atoms with Crippen LogP contribution in [0, 0.1) is 6.92 Å². The van der Waals surface area contributed by atoms with Crippen LogP contribution in [0.25, 0.3) is 0 Å². The molecule has 5 nitrogen and oxygen atoms in total. The summed E-state index contributed by atoms with van der Waals surface area (Å²) in [6.45, 7) is 6.67. The van der Waals surface area contributed by atoms with E-state index in [2.05, 4.69) is 45.5 Å². The number of aromatic nitrogens is 2. The number of anilines is 1. The Hall–Kier alpha value is -1.98. The van der Waals surface area contributed by atoms with Crippen molar-refractivity contribution in [3.63, 3.8) is 0 Å². The standard InChI is InChI=1S/C21H28N4O/c1-16-12-20(24-21(23-16)18-8-9-18)22-13-19-15-25(10-5-11-26-19)14-17-6-3-2-4-7-17/h2-4,6-7,12,18-19H,5,8-11,13-15H2,1H3,(H,22,23,24). The molecule has 138 valence electrons. The lowest BCUT2D eigenvalue weighted by molar-refractivity contribution is 0.0624. The zero-order valence-corrected chi connectivity index (χ0v) is 15.5. The Morgan fingerprint density at radius 1 is 1.19 bits per heavy atom. The number of nitrogens with one attached hydrogen (secondary N) is 1. The van der Waals surface area contributed by atoms with Crippen molar-refractivity contribution in [3.05, 3.63) is 53.5 Å². The van der Waals surface area contributed by atoms with Crippen molar-refractivity contribution in [2.75, 3.05) is 31.6 Å². The third-order valence-corrected chi connectivity index (χ3v) is 5.01. The smallest absolute Gasteiger partial charge is 0.134 e. The Morgan fingerprint density at radius 3 is 2.85 bits per heavy atom. The van der Waals surface area contributed by atoms with Gasteiger partial charge in [0.2, 0.25) is 0 Å². The Balaban J connectivity index is 1.35. The fourth-order valence-electron chi connectivity index (χ4n) is 3.50. The summed E-state index contributed by atoms with van der Waals surface area (Å²) < 4.78 is 6.07. The molecule has 1 aromatic heterocycles. The van der Waals surface area contributed by atoms with Crippen molar-refractivity contribution in [2.45, 2.75) is 44.8 Å². The van der Waals surface area contributed by atoms with Gasteiger partial charge in [0.15, 0.2) is 0 Å². The number of hydrogen-bond donors (Lipinski definition) is 1. The van der Waals surface area contributed by atoms with Gasteiger partial charge in [0, 0.05) is 50.5 Å². The molecule has 0 spiro atoms. The molecule has 2 aromatic rings. The van der Waals surface area contributed by atoms with Crippen LogP contribution in [0.15, 0.2) is 36.4 Å². The van der Waals surface area contributed by atoms with Crippen LogP contribution in [-0.4, -0.2) is 47.2 Å². The van der Waals surface area contributed by atoms with Crippen LogP contribution < -0.4 is 5.32 Å². The normalized spacial score (nSPS) is 21.3. The predicted molar refractivity (Wildman–Crippen MR) is 103 cm³/mol. The lowest BCUT2D eigenvalue weighted by Gasteiger charge is -2.24. The molecule has 1 unspecified atom stereocenters. The van der Waals surface area contributed by atoms with E-state index < -0.39 is 0 Å². The summed E-state index contributed by atoms with van der Waals surface area (Å²) in [5.41, 5.74) is 2.40. The molecule has 0 radical (unpaired) electrons. The molecule has 26 heavy (non-hydrogen) atoms. The number of hydrogen-bond acceptors (Lipinski definition) is 5. The lowest BCUT2D eigenvalue weighted by atomic mass is 10.2. The highest BCUT2D eigenvalue weighted by Gasteiger charge is 2.27. The Kier molecular flexibility index (Phi) is 5.46. The first-order valence-corrected chi connectivity index (χ1v) is 9.73. The van der Waals surface area contributed by atoms with Crippen LogP contribution >= 0.6 is 0 Å². The number of nitrogens with zero attached hydrogens (tertiary/aromatic N) is 3. The second-order valence-corrected chi connectivity index (χ2v) is 7.48. The summed E-state index contributed by atoms with van der Waals surface area (Å²) in [5, 5.41) is 3.49. The van der Waals surface area contributed by atoms with Gasteiger partial charge in [-0.05, 0) is 31.7 Å². The minimum atomic E-state index is 0.181. The minimum absolute atomic E-state index is 0.181. The van der Waals surface area contributed by atoms with Crippen molar-refractivity contribution in [1.29, 1.82) is 0 Å². The first kappa shape index (κ1) is 17.4. The van der Waals surface area contributed by atoms with Crippen LogP contribution in [0.5, 0.6) is 0 Å². The highest BCUT2D eigenvalue weighted by Crippen LogP contribution is 2.38. The highest BCUT2D eigenvalue weighted by molar-refractivity contribution is 5.37. The van der Waals surface area contributed by atoms with E-state index in [4.69, 9.17) is 9.72 Å². The van der Waals surface area contributed by atoms with Gasteiger partial charge < -0.3 is 10.1 Å². The first-order chi connectivity index (χ1) is 12.8. The van der Waals surface area contributed by atoms with E-state index in [1.165, 1.54) is 18.4 Å². The van der Waals surface area contributed by atoms with E-state index in [0.717, 1.165) is 56.5 Å². The molecule has 1 saturated heterocycles. The number of rotatable bonds is 6. The van der Waals surface area contributed by atoms with Gasteiger partial charge in [-0.3, -0.25) is 4.90 Å². The number of benzene rings is 1.